The minimum Gasteiger partial charge on any atom is -0.481 e. The first kappa shape index (κ1) is 15.7. The number of carbonyl (C=O) groups excluding carboxylic acids is 1. The van der Waals surface area contributed by atoms with Gasteiger partial charge in [-0.3, -0.25) is 9.59 Å². The van der Waals surface area contributed by atoms with Crippen molar-refractivity contribution in [1.82, 2.24) is 9.88 Å². The number of hydrogen-bond donors (Lipinski definition) is 2. The topological polar surface area (TPSA) is 82.5 Å². The molecule has 1 unspecified atom stereocenters. The van der Waals surface area contributed by atoms with Crippen molar-refractivity contribution in [1.29, 1.82) is 0 Å². The normalized spacial score (nSPS) is 19.2. The maximum atomic E-state index is 12.2. The molecular formula is C14H18ClN3O3. The molecule has 2 rings (SSSR count). The highest BCUT2D eigenvalue weighted by Gasteiger charge is 2.26. The van der Waals surface area contributed by atoms with Gasteiger partial charge in [0, 0.05) is 19.3 Å². The fourth-order valence-electron chi connectivity index (χ4n) is 2.40. The third-order valence-electron chi connectivity index (χ3n) is 3.50. The number of aliphatic carboxylic acids is 1. The summed E-state index contributed by atoms with van der Waals surface area (Å²) in [4.78, 5) is 28.9. The van der Waals surface area contributed by atoms with Crippen molar-refractivity contribution in [3.05, 3.63) is 23.4 Å². The number of anilines is 1. The van der Waals surface area contributed by atoms with Gasteiger partial charge in [-0.2, -0.15) is 0 Å². The lowest BCUT2D eigenvalue weighted by Gasteiger charge is -2.31. The van der Waals surface area contributed by atoms with Gasteiger partial charge in [-0.05, 0) is 31.5 Å². The van der Waals surface area contributed by atoms with Gasteiger partial charge in [-0.25, -0.2) is 4.98 Å². The zero-order valence-electron chi connectivity index (χ0n) is 11.6. The van der Waals surface area contributed by atoms with Crippen LogP contribution < -0.4 is 5.32 Å². The molecule has 1 aromatic rings. The molecule has 0 bridgehead atoms. The molecule has 1 amide bonds. The molecule has 1 fully saturated rings. The van der Waals surface area contributed by atoms with Crippen LogP contribution >= 0.6 is 11.6 Å². The Balaban J connectivity index is 1.86. The van der Waals surface area contributed by atoms with E-state index in [0.29, 0.717) is 23.9 Å². The summed E-state index contributed by atoms with van der Waals surface area (Å²) < 4.78 is 0. The fourth-order valence-corrected chi connectivity index (χ4v) is 2.52. The van der Waals surface area contributed by atoms with Gasteiger partial charge >= 0.3 is 5.97 Å². The van der Waals surface area contributed by atoms with Crippen LogP contribution in [-0.4, -0.2) is 46.5 Å². The van der Waals surface area contributed by atoms with Crippen LogP contribution in [0.2, 0.25) is 5.02 Å². The second-order valence-electron chi connectivity index (χ2n) is 5.13. The quantitative estimate of drug-likeness (QED) is 0.867. The molecule has 0 aromatic carbocycles. The minimum atomic E-state index is -0.813. The van der Waals surface area contributed by atoms with Crippen molar-refractivity contribution in [3.8, 4) is 0 Å². The van der Waals surface area contributed by atoms with Crippen molar-refractivity contribution >= 4 is 29.3 Å². The highest BCUT2D eigenvalue weighted by Crippen LogP contribution is 2.19. The predicted octanol–water partition coefficient (Wildman–Crippen LogP) is 1.86. The van der Waals surface area contributed by atoms with E-state index < -0.39 is 5.97 Å². The van der Waals surface area contributed by atoms with Crippen molar-refractivity contribution < 1.29 is 14.7 Å². The number of likely N-dealkylation sites (tertiary alicyclic amines) is 1. The molecular weight excluding hydrogens is 294 g/mol. The molecule has 1 aromatic heterocycles. The third-order valence-corrected chi connectivity index (χ3v) is 3.72. The largest absolute Gasteiger partial charge is 0.481 e. The summed E-state index contributed by atoms with van der Waals surface area (Å²) >= 11 is 5.75. The van der Waals surface area contributed by atoms with E-state index in [0.717, 1.165) is 19.4 Å². The number of halogens is 1. The standard InChI is InChI=1S/C14H18ClN3O3/c15-11-3-4-12(16-8-11)17-14(21)10-2-1-6-18(9-10)7-5-13(19)20/h3-4,8,10H,1-2,5-7,9H2,(H,19,20)(H,16,17,21). The van der Waals surface area contributed by atoms with Gasteiger partial charge in [0.1, 0.15) is 5.82 Å². The number of aromatic nitrogens is 1. The molecule has 6 nitrogen and oxygen atoms in total. The van der Waals surface area contributed by atoms with Crippen LogP contribution in [0.5, 0.6) is 0 Å². The lowest BCUT2D eigenvalue weighted by atomic mass is 9.97. The predicted molar refractivity (Wildman–Crippen MR) is 79.3 cm³/mol. The van der Waals surface area contributed by atoms with Crippen LogP contribution in [0.15, 0.2) is 18.3 Å². The van der Waals surface area contributed by atoms with Gasteiger partial charge in [0.25, 0.3) is 0 Å². The monoisotopic (exact) mass is 311 g/mol. The van der Waals surface area contributed by atoms with E-state index in [-0.39, 0.29) is 18.2 Å². The van der Waals surface area contributed by atoms with Gasteiger partial charge in [-0.15, -0.1) is 0 Å². The Labute approximate surface area is 128 Å². The number of piperidine rings is 1. The molecule has 114 valence electrons. The Hall–Kier alpha value is -1.66. The van der Waals surface area contributed by atoms with Crippen LogP contribution in [0.4, 0.5) is 5.82 Å². The van der Waals surface area contributed by atoms with Crippen LogP contribution in [0, 0.1) is 5.92 Å². The van der Waals surface area contributed by atoms with Crippen molar-refractivity contribution in [2.24, 2.45) is 5.92 Å². The van der Waals surface area contributed by atoms with E-state index in [9.17, 15) is 9.59 Å². The van der Waals surface area contributed by atoms with Gasteiger partial charge in [0.15, 0.2) is 0 Å². The first-order chi connectivity index (χ1) is 10.0. The number of hydrogen-bond acceptors (Lipinski definition) is 4. The van der Waals surface area contributed by atoms with Crippen molar-refractivity contribution in [3.63, 3.8) is 0 Å². The Morgan fingerprint density at radius 1 is 1.48 bits per heavy atom. The molecule has 21 heavy (non-hydrogen) atoms. The van der Waals surface area contributed by atoms with Crippen LogP contribution in [0.3, 0.4) is 0 Å². The van der Waals surface area contributed by atoms with Crippen molar-refractivity contribution in [2.75, 3.05) is 25.0 Å². The second kappa shape index (κ2) is 7.38. The van der Waals surface area contributed by atoms with Crippen LogP contribution in [0.1, 0.15) is 19.3 Å². The van der Waals surface area contributed by atoms with E-state index in [1.807, 2.05) is 4.90 Å². The summed E-state index contributed by atoms with van der Waals surface area (Å²) in [7, 11) is 0. The first-order valence-electron chi connectivity index (χ1n) is 6.91. The average molecular weight is 312 g/mol. The lowest BCUT2D eigenvalue weighted by Crippen LogP contribution is -2.41. The lowest BCUT2D eigenvalue weighted by molar-refractivity contribution is -0.137. The maximum Gasteiger partial charge on any atom is 0.304 e. The molecule has 7 heteroatoms. The zero-order chi connectivity index (χ0) is 15.2. The molecule has 2 heterocycles. The first-order valence-corrected chi connectivity index (χ1v) is 7.29. The number of carboxylic acid groups (broad SMARTS) is 1. The highest BCUT2D eigenvalue weighted by atomic mass is 35.5. The van der Waals surface area contributed by atoms with Gasteiger partial charge < -0.3 is 15.3 Å². The van der Waals surface area contributed by atoms with Gasteiger partial charge in [-0.1, -0.05) is 11.6 Å². The van der Waals surface area contributed by atoms with E-state index in [4.69, 9.17) is 16.7 Å². The Morgan fingerprint density at radius 2 is 2.29 bits per heavy atom. The maximum absolute atomic E-state index is 12.2. The molecule has 0 spiro atoms. The number of pyridine rings is 1. The SMILES string of the molecule is O=C(O)CCN1CCCC(C(=O)Nc2ccc(Cl)cn2)C1. The number of rotatable bonds is 5. The summed E-state index contributed by atoms with van der Waals surface area (Å²) in [5.74, 6) is -0.547. The fraction of sp³-hybridized carbons (Fsp3) is 0.500. The molecule has 1 aliphatic rings. The third kappa shape index (κ3) is 4.99. The molecule has 1 saturated heterocycles. The molecule has 0 radical (unpaired) electrons. The Kier molecular flexibility index (Phi) is 5.52. The van der Waals surface area contributed by atoms with Crippen molar-refractivity contribution in [2.45, 2.75) is 19.3 Å². The number of nitrogens with one attached hydrogen (secondary N) is 1. The van der Waals surface area contributed by atoms with E-state index >= 15 is 0 Å². The number of amides is 1. The summed E-state index contributed by atoms with van der Waals surface area (Å²) in [6, 6.07) is 3.33. The molecule has 2 N–H and O–H groups in total. The van der Waals surface area contributed by atoms with E-state index in [2.05, 4.69) is 10.3 Å². The van der Waals surface area contributed by atoms with E-state index in [1.165, 1.54) is 6.20 Å². The Bertz CT molecular complexity index is 507. The molecule has 1 atom stereocenters. The van der Waals surface area contributed by atoms with Crippen LogP contribution in [-0.2, 0) is 9.59 Å². The van der Waals surface area contributed by atoms with E-state index in [1.54, 1.807) is 12.1 Å². The molecule has 0 saturated carbocycles. The number of carbonyl (C=O) groups is 2. The molecule has 1 aliphatic heterocycles. The highest BCUT2D eigenvalue weighted by molar-refractivity contribution is 6.30. The summed E-state index contributed by atoms with van der Waals surface area (Å²) in [6.07, 6.45) is 3.29. The summed E-state index contributed by atoms with van der Waals surface area (Å²) in [6.45, 7) is 1.92. The second-order valence-corrected chi connectivity index (χ2v) is 5.57. The smallest absolute Gasteiger partial charge is 0.304 e. The summed E-state index contributed by atoms with van der Waals surface area (Å²) in [5.41, 5.74) is 0. The van der Waals surface area contributed by atoms with Gasteiger partial charge in [0.2, 0.25) is 5.91 Å². The number of nitrogens with zero attached hydrogens (tertiary/aromatic N) is 2. The average Bonchev–Trinajstić information content (AvgIpc) is 2.48. The summed E-state index contributed by atoms with van der Waals surface area (Å²) in [5, 5.41) is 12.0. The Morgan fingerprint density at radius 3 is 2.95 bits per heavy atom. The molecule has 0 aliphatic carbocycles. The zero-order valence-corrected chi connectivity index (χ0v) is 12.3. The minimum absolute atomic E-state index is 0.0788. The van der Waals surface area contributed by atoms with Gasteiger partial charge in [0.05, 0.1) is 17.4 Å². The van der Waals surface area contributed by atoms with Crippen LogP contribution in [0.25, 0.3) is 0 Å². The number of carboxylic acids is 1.